The van der Waals surface area contributed by atoms with Gasteiger partial charge in [-0.3, -0.25) is 4.79 Å². The topological polar surface area (TPSA) is 65.5 Å². The lowest BCUT2D eigenvalue weighted by Gasteiger charge is -2.28. The van der Waals surface area contributed by atoms with Crippen LogP contribution in [0.25, 0.3) is 10.9 Å². The van der Waals surface area contributed by atoms with E-state index in [0.29, 0.717) is 47.4 Å². The summed E-state index contributed by atoms with van der Waals surface area (Å²) in [4.78, 5) is 19.4. The number of anilines is 1. The van der Waals surface area contributed by atoms with E-state index in [2.05, 4.69) is 10.3 Å². The first kappa shape index (κ1) is 22.7. The van der Waals surface area contributed by atoms with Gasteiger partial charge < -0.3 is 15.3 Å². The Bertz CT molecular complexity index is 899. The Balaban J connectivity index is 1.74. The van der Waals surface area contributed by atoms with Gasteiger partial charge in [-0.2, -0.15) is 0 Å². The lowest BCUT2D eigenvalue weighted by Crippen LogP contribution is -2.34. The fourth-order valence-corrected chi connectivity index (χ4v) is 4.11. The van der Waals surface area contributed by atoms with Crippen LogP contribution < -0.4 is 10.2 Å². The zero-order chi connectivity index (χ0) is 21.9. The second kappa shape index (κ2) is 9.43. The van der Waals surface area contributed by atoms with Gasteiger partial charge in [-0.15, -0.1) is 0 Å². The molecule has 0 unspecified atom stereocenters. The number of fused-ring (bicyclic) bond motifs is 1. The summed E-state index contributed by atoms with van der Waals surface area (Å²) in [5.41, 5.74) is 0.989. The average molecular weight is 440 g/mol. The minimum atomic E-state index is -2.58. The van der Waals surface area contributed by atoms with Gasteiger partial charge in [0.25, 0.3) is 5.91 Å². The van der Waals surface area contributed by atoms with E-state index in [9.17, 15) is 18.7 Å². The van der Waals surface area contributed by atoms with Gasteiger partial charge in [0.1, 0.15) is 5.82 Å². The first-order chi connectivity index (χ1) is 14.2. The molecule has 1 aliphatic carbocycles. The third-order valence-electron chi connectivity index (χ3n) is 5.71. The Labute approximate surface area is 180 Å². The van der Waals surface area contributed by atoms with Crippen LogP contribution in [0, 0.1) is 11.8 Å². The number of aliphatic hydroxyl groups is 1. The monoisotopic (exact) mass is 439 g/mol. The van der Waals surface area contributed by atoms with E-state index in [1.807, 2.05) is 31.0 Å². The molecule has 164 valence electrons. The average Bonchev–Trinajstić information content (AvgIpc) is 2.72. The van der Waals surface area contributed by atoms with Gasteiger partial charge in [0.2, 0.25) is 5.92 Å². The minimum Gasteiger partial charge on any atom is -0.396 e. The van der Waals surface area contributed by atoms with E-state index in [4.69, 9.17) is 11.6 Å². The highest BCUT2D eigenvalue weighted by Crippen LogP contribution is 2.36. The molecule has 30 heavy (non-hydrogen) atoms. The van der Waals surface area contributed by atoms with Gasteiger partial charge in [-0.05, 0) is 48.9 Å². The van der Waals surface area contributed by atoms with Gasteiger partial charge in [-0.25, -0.2) is 13.8 Å². The van der Waals surface area contributed by atoms with Crippen molar-refractivity contribution < 1.29 is 18.7 Å². The Morgan fingerprint density at radius 1 is 1.33 bits per heavy atom. The van der Waals surface area contributed by atoms with Crippen LogP contribution in [0.15, 0.2) is 24.3 Å². The smallest absolute Gasteiger partial charge is 0.253 e. The molecule has 1 heterocycles. The highest BCUT2D eigenvalue weighted by Gasteiger charge is 2.34. The number of aromatic nitrogens is 1. The van der Waals surface area contributed by atoms with Crippen molar-refractivity contribution >= 4 is 34.2 Å². The van der Waals surface area contributed by atoms with E-state index in [1.165, 1.54) is 0 Å². The van der Waals surface area contributed by atoms with Gasteiger partial charge in [-0.1, -0.05) is 18.5 Å². The van der Waals surface area contributed by atoms with Gasteiger partial charge in [0, 0.05) is 45.0 Å². The molecule has 1 aromatic heterocycles. The molecule has 1 saturated carbocycles. The number of rotatable bonds is 7. The molecule has 8 heteroatoms. The van der Waals surface area contributed by atoms with E-state index >= 15 is 0 Å². The van der Waals surface area contributed by atoms with Crippen molar-refractivity contribution in [2.75, 3.05) is 31.6 Å². The molecule has 0 spiro atoms. The number of hydrogen-bond acceptors (Lipinski definition) is 4. The Kier molecular flexibility index (Phi) is 7.14. The standard InChI is InChI=1S/C22H28ClF2N3O2/c1-14(13-29)12-28(2)19-6-3-16-18(27-19)5-4-17(23)20(16)21(30)26-11-15-7-9-22(24,25)10-8-15/h3-6,14-15,29H,7-13H2,1-2H3,(H,26,30)/t14-/m1/s1. The maximum absolute atomic E-state index is 13.3. The first-order valence-electron chi connectivity index (χ1n) is 10.3. The van der Waals surface area contributed by atoms with Crippen molar-refractivity contribution in [3.05, 3.63) is 34.9 Å². The summed E-state index contributed by atoms with van der Waals surface area (Å²) < 4.78 is 26.6. The molecular weight excluding hydrogens is 412 g/mol. The lowest BCUT2D eigenvalue weighted by molar-refractivity contribution is -0.0452. The fraction of sp³-hybridized carbons (Fsp3) is 0.545. The zero-order valence-electron chi connectivity index (χ0n) is 17.3. The quantitative estimate of drug-likeness (QED) is 0.666. The normalized spacial score (nSPS) is 17.7. The largest absolute Gasteiger partial charge is 0.396 e. The van der Waals surface area contributed by atoms with Crippen LogP contribution in [0.2, 0.25) is 5.02 Å². The molecule has 5 nitrogen and oxygen atoms in total. The van der Waals surface area contributed by atoms with Crippen LogP contribution in [-0.4, -0.2) is 48.7 Å². The highest BCUT2D eigenvalue weighted by atomic mass is 35.5. The second-order valence-corrected chi connectivity index (χ2v) is 8.74. The van der Waals surface area contributed by atoms with Gasteiger partial charge in [0.15, 0.2) is 0 Å². The summed E-state index contributed by atoms with van der Waals surface area (Å²) in [6.07, 6.45) is 0.551. The molecule has 2 N–H and O–H groups in total. The molecule has 3 rings (SSSR count). The number of carbonyl (C=O) groups excluding carboxylic acids is 1. The maximum atomic E-state index is 13.3. The van der Waals surface area contributed by atoms with E-state index in [1.54, 1.807) is 12.1 Å². The number of hydrogen-bond donors (Lipinski definition) is 2. The van der Waals surface area contributed by atoms with Crippen LogP contribution in [0.5, 0.6) is 0 Å². The Morgan fingerprint density at radius 2 is 2.03 bits per heavy atom. The zero-order valence-corrected chi connectivity index (χ0v) is 18.1. The van der Waals surface area contributed by atoms with Crippen LogP contribution in [-0.2, 0) is 0 Å². The molecule has 1 fully saturated rings. The molecule has 0 aliphatic heterocycles. The number of alkyl halides is 2. The predicted octanol–water partition coefficient (Wildman–Crippen LogP) is 4.51. The number of amides is 1. The van der Waals surface area contributed by atoms with Gasteiger partial charge >= 0.3 is 0 Å². The van der Waals surface area contributed by atoms with E-state index in [0.717, 1.165) is 5.82 Å². The summed E-state index contributed by atoms with van der Waals surface area (Å²) in [5.74, 6) is -2.00. The summed E-state index contributed by atoms with van der Waals surface area (Å²) in [5, 5.41) is 13.1. The number of halogens is 3. The molecule has 1 amide bonds. The van der Waals surface area contributed by atoms with Crippen LogP contribution in [0.3, 0.4) is 0 Å². The minimum absolute atomic E-state index is 0.0502. The van der Waals surface area contributed by atoms with Crippen molar-refractivity contribution in [3.8, 4) is 0 Å². The van der Waals surface area contributed by atoms with Crippen LogP contribution in [0.4, 0.5) is 14.6 Å². The SMILES string of the molecule is C[C@@H](CO)CN(C)c1ccc2c(C(=O)NCC3CCC(F)(F)CC3)c(Cl)ccc2n1. The van der Waals surface area contributed by atoms with Crippen LogP contribution in [0.1, 0.15) is 43.0 Å². The van der Waals surface area contributed by atoms with Crippen molar-refractivity contribution in [3.63, 3.8) is 0 Å². The molecular formula is C22H28ClF2N3O2. The van der Waals surface area contributed by atoms with Crippen molar-refractivity contribution in [2.24, 2.45) is 11.8 Å². The number of nitrogens with one attached hydrogen (secondary N) is 1. The number of benzene rings is 1. The summed E-state index contributed by atoms with van der Waals surface area (Å²) in [6.45, 7) is 3.05. The first-order valence-corrected chi connectivity index (χ1v) is 10.7. The Morgan fingerprint density at radius 3 is 2.70 bits per heavy atom. The summed E-state index contributed by atoms with van der Waals surface area (Å²) >= 11 is 6.32. The molecule has 0 radical (unpaired) electrons. The number of pyridine rings is 1. The Hall–Kier alpha value is -1.99. The summed E-state index contributed by atoms with van der Waals surface area (Å²) in [6, 6.07) is 7.06. The molecule has 1 aliphatic rings. The number of aliphatic hydroxyl groups excluding tert-OH is 1. The van der Waals surface area contributed by atoms with E-state index in [-0.39, 0.29) is 37.2 Å². The second-order valence-electron chi connectivity index (χ2n) is 8.34. The predicted molar refractivity (Wildman–Crippen MR) is 116 cm³/mol. The van der Waals surface area contributed by atoms with Crippen LogP contribution >= 0.6 is 11.6 Å². The van der Waals surface area contributed by atoms with Crippen molar-refractivity contribution in [1.82, 2.24) is 10.3 Å². The number of nitrogens with zero attached hydrogens (tertiary/aromatic N) is 2. The van der Waals surface area contributed by atoms with Crippen molar-refractivity contribution in [2.45, 2.75) is 38.5 Å². The van der Waals surface area contributed by atoms with Crippen molar-refractivity contribution in [1.29, 1.82) is 0 Å². The molecule has 1 aromatic carbocycles. The summed E-state index contributed by atoms with van der Waals surface area (Å²) in [7, 11) is 1.90. The number of carbonyl (C=O) groups is 1. The molecule has 0 bridgehead atoms. The molecule has 1 atom stereocenters. The van der Waals surface area contributed by atoms with Gasteiger partial charge in [0.05, 0.1) is 16.1 Å². The maximum Gasteiger partial charge on any atom is 0.253 e. The third kappa shape index (κ3) is 5.38. The highest BCUT2D eigenvalue weighted by molar-refractivity contribution is 6.35. The lowest BCUT2D eigenvalue weighted by atomic mass is 9.87. The molecule has 2 aromatic rings. The third-order valence-corrected chi connectivity index (χ3v) is 6.02. The van der Waals surface area contributed by atoms with E-state index < -0.39 is 5.92 Å². The fourth-order valence-electron chi connectivity index (χ4n) is 3.86. The molecule has 0 saturated heterocycles.